The fraction of sp³-hybridized carbons (Fsp3) is 0.364. The van der Waals surface area contributed by atoms with Gasteiger partial charge in [-0.1, -0.05) is 6.07 Å². The molecule has 1 rings (SSSR count). The third-order valence-electron chi connectivity index (χ3n) is 2.61. The normalized spacial score (nSPS) is 15.2. The molecule has 0 aliphatic carbocycles. The first-order valence-electron chi connectivity index (χ1n) is 5.63. The lowest BCUT2D eigenvalue weighted by atomic mass is 9.92. The summed E-state index contributed by atoms with van der Waals surface area (Å²) in [5.74, 6) is -2.73. The molecule has 0 amide bonds. The summed E-state index contributed by atoms with van der Waals surface area (Å²) in [7, 11) is -3.55. The third kappa shape index (κ3) is 4.73. The lowest BCUT2D eigenvalue weighted by Crippen LogP contribution is -2.43. The first-order chi connectivity index (χ1) is 9.35. The Morgan fingerprint density at radius 1 is 1.35 bits per heavy atom. The Kier molecular flexibility index (Phi) is 5.82. The molecule has 20 heavy (non-hydrogen) atoms. The van der Waals surface area contributed by atoms with Gasteiger partial charge >= 0.3 is 20.2 Å². The second-order valence-electron chi connectivity index (χ2n) is 4.06. The van der Waals surface area contributed by atoms with Crippen LogP contribution in [-0.4, -0.2) is 37.6 Å². The summed E-state index contributed by atoms with van der Waals surface area (Å²) >= 11 is 0. The molecule has 110 valence electrons. The van der Waals surface area contributed by atoms with Crippen molar-refractivity contribution in [3.05, 3.63) is 30.1 Å². The Morgan fingerprint density at radius 2 is 2.05 bits per heavy atom. The van der Waals surface area contributed by atoms with E-state index in [1.54, 1.807) is 12.1 Å². The summed E-state index contributed by atoms with van der Waals surface area (Å²) < 4.78 is 15.5. The number of hydrogen-bond acceptors (Lipinski definition) is 5. The molecule has 0 saturated heterocycles. The molecule has 1 aromatic rings. The molecule has 3 N–H and O–H groups in total. The van der Waals surface area contributed by atoms with Gasteiger partial charge in [0.15, 0.2) is 5.60 Å². The molecule has 0 bridgehead atoms. The molecular weight excluding hydrogens is 289 g/mol. The van der Waals surface area contributed by atoms with E-state index in [2.05, 4.69) is 9.51 Å². The van der Waals surface area contributed by atoms with E-state index in [0.717, 1.165) is 0 Å². The SMILES string of the molecule is O=C(O)CCC(Cc1ccccn1)(O[PH](=O)O)C(=O)O. The van der Waals surface area contributed by atoms with Crippen LogP contribution >= 0.6 is 8.25 Å². The molecule has 0 spiro atoms. The van der Waals surface area contributed by atoms with E-state index in [4.69, 9.17) is 10.00 Å². The molecule has 1 heterocycles. The molecule has 8 nitrogen and oxygen atoms in total. The highest BCUT2D eigenvalue weighted by Gasteiger charge is 2.42. The Labute approximate surface area is 115 Å². The molecule has 0 saturated carbocycles. The highest BCUT2D eigenvalue weighted by Crippen LogP contribution is 2.33. The number of hydrogen-bond donors (Lipinski definition) is 3. The number of nitrogens with zero attached hydrogens (tertiary/aromatic N) is 1. The lowest BCUT2D eigenvalue weighted by Gasteiger charge is -2.27. The fourth-order valence-electron chi connectivity index (χ4n) is 1.67. The van der Waals surface area contributed by atoms with Crippen molar-refractivity contribution in [2.75, 3.05) is 0 Å². The van der Waals surface area contributed by atoms with Crippen LogP contribution in [0.15, 0.2) is 24.4 Å². The molecule has 0 fully saturated rings. The quantitative estimate of drug-likeness (QED) is 0.598. The van der Waals surface area contributed by atoms with Gasteiger partial charge in [0.25, 0.3) is 0 Å². The predicted molar refractivity (Wildman–Crippen MR) is 67.5 cm³/mol. The average molecular weight is 303 g/mol. The number of carboxylic acids is 2. The van der Waals surface area contributed by atoms with Crippen LogP contribution in [0.3, 0.4) is 0 Å². The fourth-order valence-corrected chi connectivity index (χ4v) is 2.27. The van der Waals surface area contributed by atoms with E-state index in [-0.39, 0.29) is 6.42 Å². The molecule has 0 aliphatic rings. The van der Waals surface area contributed by atoms with E-state index in [1.165, 1.54) is 12.3 Å². The van der Waals surface area contributed by atoms with Crippen molar-refractivity contribution in [3.63, 3.8) is 0 Å². The Bertz CT molecular complexity index is 507. The summed E-state index contributed by atoms with van der Waals surface area (Å²) in [5, 5.41) is 17.9. The van der Waals surface area contributed by atoms with Crippen molar-refractivity contribution in [1.29, 1.82) is 0 Å². The average Bonchev–Trinajstić information content (AvgIpc) is 2.36. The highest BCUT2D eigenvalue weighted by molar-refractivity contribution is 7.32. The zero-order chi connectivity index (χ0) is 15.2. The van der Waals surface area contributed by atoms with Gasteiger partial charge in [-0.2, -0.15) is 0 Å². The minimum Gasteiger partial charge on any atom is -0.481 e. The predicted octanol–water partition coefficient (Wildman–Crippen LogP) is 0.711. The van der Waals surface area contributed by atoms with Crippen LogP contribution in [0.4, 0.5) is 0 Å². The van der Waals surface area contributed by atoms with Gasteiger partial charge in [-0.15, -0.1) is 0 Å². The number of rotatable bonds is 8. The molecule has 0 aromatic carbocycles. The van der Waals surface area contributed by atoms with E-state index in [9.17, 15) is 19.3 Å². The van der Waals surface area contributed by atoms with E-state index >= 15 is 0 Å². The second-order valence-corrected chi connectivity index (χ2v) is 4.79. The van der Waals surface area contributed by atoms with Gasteiger partial charge < -0.3 is 15.1 Å². The smallest absolute Gasteiger partial charge is 0.336 e. The maximum Gasteiger partial charge on any atom is 0.336 e. The minimum atomic E-state index is -3.55. The Balaban J connectivity index is 3.04. The number of pyridine rings is 1. The van der Waals surface area contributed by atoms with Crippen molar-refractivity contribution in [2.24, 2.45) is 0 Å². The van der Waals surface area contributed by atoms with Crippen LogP contribution < -0.4 is 0 Å². The van der Waals surface area contributed by atoms with Crippen molar-refractivity contribution < 1.29 is 33.8 Å². The monoisotopic (exact) mass is 303 g/mol. The third-order valence-corrected chi connectivity index (χ3v) is 3.17. The van der Waals surface area contributed by atoms with Gasteiger partial charge in [-0.25, -0.2) is 4.79 Å². The lowest BCUT2D eigenvalue weighted by molar-refractivity contribution is -0.157. The molecule has 0 radical (unpaired) electrons. The van der Waals surface area contributed by atoms with E-state index < -0.39 is 38.6 Å². The summed E-state index contributed by atoms with van der Waals surface area (Å²) in [6, 6.07) is 4.77. The molecule has 0 aliphatic heterocycles. The summed E-state index contributed by atoms with van der Waals surface area (Å²) in [6.45, 7) is 0. The first kappa shape index (κ1) is 16.3. The number of aromatic nitrogens is 1. The molecule has 2 unspecified atom stereocenters. The molecule has 2 atom stereocenters. The largest absolute Gasteiger partial charge is 0.481 e. The van der Waals surface area contributed by atoms with Gasteiger partial charge in [-0.3, -0.25) is 18.9 Å². The topological polar surface area (TPSA) is 134 Å². The standard InChI is InChI=1S/C11H14NO7P/c13-9(14)4-5-11(10(15)16,19-20(17)18)7-8-3-1-2-6-12-8/h1-3,6,20H,4-5,7H2,(H,13,14)(H,15,16)(H,17,18). The summed E-state index contributed by atoms with van der Waals surface area (Å²) in [5.41, 5.74) is -1.76. The Hall–Kier alpha value is -1.76. The highest BCUT2D eigenvalue weighted by atomic mass is 31.1. The molecule has 1 aromatic heterocycles. The van der Waals surface area contributed by atoms with E-state index in [0.29, 0.717) is 5.69 Å². The maximum atomic E-state index is 11.4. The zero-order valence-corrected chi connectivity index (χ0v) is 11.4. The van der Waals surface area contributed by atoms with Crippen molar-refractivity contribution in [1.82, 2.24) is 4.98 Å². The van der Waals surface area contributed by atoms with Crippen LogP contribution in [0.2, 0.25) is 0 Å². The first-order valence-corrected chi connectivity index (χ1v) is 6.89. The second kappa shape index (κ2) is 7.14. The number of aliphatic carboxylic acids is 2. The molecular formula is C11H14NO7P. The van der Waals surface area contributed by atoms with Crippen LogP contribution in [0.1, 0.15) is 18.5 Å². The maximum absolute atomic E-state index is 11.4. The van der Waals surface area contributed by atoms with Gasteiger partial charge in [0.2, 0.25) is 0 Å². The van der Waals surface area contributed by atoms with Crippen molar-refractivity contribution in [3.8, 4) is 0 Å². The van der Waals surface area contributed by atoms with Crippen molar-refractivity contribution in [2.45, 2.75) is 24.9 Å². The van der Waals surface area contributed by atoms with Gasteiger partial charge in [-0.05, 0) is 18.6 Å². The zero-order valence-electron chi connectivity index (χ0n) is 10.4. The minimum absolute atomic E-state index is 0.298. The van der Waals surface area contributed by atoms with Crippen LogP contribution in [-0.2, 0) is 25.1 Å². The van der Waals surface area contributed by atoms with Crippen LogP contribution in [0.25, 0.3) is 0 Å². The molecule has 9 heteroatoms. The van der Waals surface area contributed by atoms with Gasteiger partial charge in [0.05, 0.1) is 0 Å². The van der Waals surface area contributed by atoms with Crippen LogP contribution in [0, 0.1) is 0 Å². The van der Waals surface area contributed by atoms with Crippen LogP contribution in [0.5, 0.6) is 0 Å². The van der Waals surface area contributed by atoms with Crippen molar-refractivity contribution >= 4 is 20.2 Å². The van der Waals surface area contributed by atoms with Gasteiger partial charge in [0.1, 0.15) is 0 Å². The summed E-state index contributed by atoms with van der Waals surface area (Å²) in [6.07, 6.45) is 0.189. The number of carbonyl (C=O) groups is 2. The Morgan fingerprint density at radius 3 is 2.50 bits per heavy atom. The number of carboxylic acid groups (broad SMARTS) is 2. The van der Waals surface area contributed by atoms with E-state index in [1.807, 2.05) is 0 Å². The summed E-state index contributed by atoms with van der Waals surface area (Å²) in [4.78, 5) is 34.8. The van der Waals surface area contributed by atoms with Gasteiger partial charge in [0, 0.05) is 24.7 Å².